The standard InChI is InChI=1S/C19H34N4O/c1-4-20-18(21-13-19(22(2)3)9-5-6-10-19)23-11-14-15(12-23)17-8-7-16(14)24-17/h14-17H,4-13H2,1-3H3,(H,20,21). The average molecular weight is 335 g/mol. The highest BCUT2D eigenvalue weighted by atomic mass is 16.5. The highest BCUT2D eigenvalue weighted by Gasteiger charge is 2.53. The molecule has 0 amide bonds. The van der Waals surface area contributed by atoms with Gasteiger partial charge < -0.3 is 19.9 Å². The molecule has 4 fully saturated rings. The third-order valence-corrected chi connectivity index (χ3v) is 7.09. The Balaban J connectivity index is 1.46. The Morgan fingerprint density at radius 1 is 1.17 bits per heavy atom. The number of likely N-dealkylation sites (tertiary alicyclic amines) is 1. The lowest BCUT2D eigenvalue weighted by atomic mass is 9.82. The van der Waals surface area contributed by atoms with Gasteiger partial charge in [-0.05, 0) is 46.7 Å². The van der Waals surface area contributed by atoms with E-state index >= 15 is 0 Å². The summed E-state index contributed by atoms with van der Waals surface area (Å²) in [6.07, 6.45) is 8.86. The van der Waals surface area contributed by atoms with E-state index in [1.165, 1.54) is 38.5 Å². The molecule has 2 bridgehead atoms. The molecule has 1 aliphatic carbocycles. The quantitative estimate of drug-likeness (QED) is 0.630. The van der Waals surface area contributed by atoms with Gasteiger partial charge in [0.2, 0.25) is 0 Å². The minimum atomic E-state index is 0.276. The van der Waals surface area contributed by atoms with Crippen molar-refractivity contribution in [1.29, 1.82) is 0 Å². The smallest absolute Gasteiger partial charge is 0.194 e. The molecule has 0 aromatic carbocycles. The molecular weight excluding hydrogens is 300 g/mol. The predicted molar refractivity (Wildman–Crippen MR) is 97.3 cm³/mol. The third-order valence-electron chi connectivity index (χ3n) is 7.09. The Morgan fingerprint density at radius 2 is 1.79 bits per heavy atom. The highest BCUT2D eigenvalue weighted by Crippen LogP contribution is 2.47. The molecule has 4 rings (SSSR count). The number of nitrogens with one attached hydrogen (secondary N) is 1. The Kier molecular flexibility index (Phi) is 4.50. The van der Waals surface area contributed by atoms with Crippen molar-refractivity contribution in [3.8, 4) is 0 Å². The summed E-state index contributed by atoms with van der Waals surface area (Å²) in [7, 11) is 4.45. The van der Waals surface area contributed by atoms with E-state index in [0.717, 1.165) is 44.0 Å². The van der Waals surface area contributed by atoms with Crippen molar-refractivity contribution in [3.63, 3.8) is 0 Å². The number of fused-ring (bicyclic) bond motifs is 5. The van der Waals surface area contributed by atoms with Gasteiger partial charge in [0.05, 0.1) is 18.8 Å². The van der Waals surface area contributed by atoms with Gasteiger partial charge in [0.25, 0.3) is 0 Å². The van der Waals surface area contributed by atoms with Gasteiger partial charge in [-0.15, -0.1) is 0 Å². The van der Waals surface area contributed by atoms with Gasteiger partial charge in [-0.25, -0.2) is 0 Å². The van der Waals surface area contributed by atoms with Crippen LogP contribution in [0.5, 0.6) is 0 Å². The first-order chi connectivity index (χ1) is 11.6. The van der Waals surface area contributed by atoms with Crippen LogP contribution in [0.25, 0.3) is 0 Å². The molecule has 0 spiro atoms. The zero-order chi connectivity index (χ0) is 16.7. The molecule has 0 radical (unpaired) electrons. The second-order valence-corrected chi connectivity index (χ2v) is 8.52. The highest BCUT2D eigenvalue weighted by molar-refractivity contribution is 5.80. The monoisotopic (exact) mass is 334 g/mol. The van der Waals surface area contributed by atoms with Crippen LogP contribution >= 0.6 is 0 Å². The molecule has 136 valence electrons. The van der Waals surface area contributed by atoms with Crippen LogP contribution in [0.3, 0.4) is 0 Å². The lowest BCUT2D eigenvalue weighted by molar-refractivity contribution is 0.0766. The number of hydrogen-bond donors (Lipinski definition) is 1. The second-order valence-electron chi connectivity index (χ2n) is 8.52. The fraction of sp³-hybridized carbons (Fsp3) is 0.947. The number of ether oxygens (including phenoxy) is 1. The fourth-order valence-corrected chi connectivity index (χ4v) is 5.56. The Labute approximate surface area is 146 Å². The molecule has 4 aliphatic rings. The van der Waals surface area contributed by atoms with Gasteiger partial charge in [-0.2, -0.15) is 0 Å². The lowest BCUT2D eigenvalue weighted by Crippen LogP contribution is -2.47. The van der Waals surface area contributed by atoms with E-state index in [1.807, 2.05) is 0 Å². The van der Waals surface area contributed by atoms with Crippen LogP contribution in [0.1, 0.15) is 45.4 Å². The molecule has 5 nitrogen and oxygen atoms in total. The average Bonchev–Trinajstić information content (AvgIpc) is 3.33. The maximum Gasteiger partial charge on any atom is 0.194 e. The first kappa shape index (κ1) is 16.6. The van der Waals surface area contributed by atoms with Crippen LogP contribution < -0.4 is 5.32 Å². The summed E-state index contributed by atoms with van der Waals surface area (Å²) in [5.74, 6) is 2.61. The van der Waals surface area contributed by atoms with Crippen LogP contribution in [0.4, 0.5) is 0 Å². The number of hydrogen-bond acceptors (Lipinski definition) is 3. The molecule has 24 heavy (non-hydrogen) atoms. The number of guanidine groups is 1. The Bertz CT molecular complexity index is 468. The topological polar surface area (TPSA) is 40.1 Å². The minimum absolute atomic E-state index is 0.276. The SMILES string of the molecule is CCNC(=NCC1(N(C)C)CCCC1)N1CC2C3CCC(O3)C2C1. The zero-order valence-electron chi connectivity index (χ0n) is 15.6. The summed E-state index contributed by atoms with van der Waals surface area (Å²) in [6, 6.07) is 0. The molecule has 5 heteroatoms. The van der Waals surface area contributed by atoms with E-state index in [2.05, 4.69) is 36.1 Å². The van der Waals surface area contributed by atoms with Gasteiger partial charge in [0.1, 0.15) is 0 Å². The molecule has 3 aliphatic heterocycles. The van der Waals surface area contributed by atoms with Crippen molar-refractivity contribution < 1.29 is 4.74 Å². The molecule has 1 saturated carbocycles. The van der Waals surface area contributed by atoms with E-state index in [4.69, 9.17) is 9.73 Å². The molecule has 4 atom stereocenters. The summed E-state index contributed by atoms with van der Waals surface area (Å²) >= 11 is 0. The first-order valence-electron chi connectivity index (χ1n) is 9.99. The maximum absolute atomic E-state index is 6.12. The first-order valence-corrected chi connectivity index (χ1v) is 9.99. The Morgan fingerprint density at radius 3 is 2.33 bits per heavy atom. The number of likely N-dealkylation sites (N-methyl/N-ethyl adjacent to an activating group) is 1. The van der Waals surface area contributed by atoms with E-state index in [0.29, 0.717) is 12.2 Å². The summed E-state index contributed by atoms with van der Waals surface area (Å²) in [4.78, 5) is 10.1. The lowest BCUT2D eigenvalue weighted by Gasteiger charge is -2.35. The van der Waals surface area contributed by atoms with Crippen molar-refractivity contribution in [1.82, 2.24) is 15.1 Å². The number of nitrogens with zero attached hydrogens (tertiary/aromatic N) is 3. The van der Waals surface area contributed by atoms with Crippen molar-refractivity contribution in [2.24, 2.45) is 16.8 Å². The number of aliphatic imine (C=N–C) groups is 1. The minimum Gasteiger partial charge on any atom is -0.374 e. The largest absolute Gasteiger partial charge is 0.374 e. The molecule has 0 aromatic heterocycles. The third kappa shape index (κ3) is 2.74. The van der Waals surface area contributed by atoms with Gasteiger partial charge in [0.15, 0.2) is 5.96 Å². The normalized spacial score (nSPS) is 37.5. The van der Waals surface area contributed by atoms with Gasteiger partial charge in [-0.1, -0.05) is 12.8 Å². The van der Waals surface area contributed by atoms with Crippen molar-refractivity contribution in [2.45, 2.75) is 63.2 Å². The molecule has 1 N–H and O–H groups in total. The molecule has 3 saturated heterocycles. The summed E-state index contributed by atoms with van der Waals surface area (Å²) in [6.45, 7) is 6.32. The molecule has 4 unspecified atom stereocenters. The van der Waals surface area contributed by atoms with Gasteiger partial charge in [-0.3, -0.25) is 4.99 Å². The van der Waals surface area contributed by atoms with Crippen LogP contribution in [-0.2, 0) is 4.74 Å². The van der Waals surface area contributed by atoms with Crippen molar-refractivity contribution in [2.75, 3.05) is 40.3 Å². The van der Waals surface area contributed by atoms with E-state index in [1.54, 1.807) is 0 Å². The molecule has 3 heterocycles. The van der Waals surface area contributed by atoms with E-state index in [9.17, 15) is 0 Å². The van der Waals surface area contributed by atoms with Gasteiger partial charge >= 0.3 is 0 Å². The van der Waals surface area contributed by atoms with Crippen LogP contribution in [0.15, 0.2) is 4.99 Å². The second kappa shape index (κ2) is 6.49. The predicted octanol–water partition coefficient (Wildman–Crippen LogP) is 1.94. The summed E-state index contributed by atoms with van der Waals surface area (Å²) < 4.78 is 6.12. The number of rotatable bonds is 4. The van der Waals surface area contributed by atoms with Crippen molar-refractivity contribution >= 4 is 5.96 Å². The summed E-state index contributed by atoms with van der Waals surface area (Å²) in [5.41, 5.74) is 0.276. The van der Waals surface area contributed by atoms with E-state index in [-0.39, 0.29) is 5.54 Å². The zero-order valence-corrected chi connectivity index (χ0v) is 15.6. The fourth-order valence-electron chi connectivity index (χ4n) is 5.56. The maximum atomic E-state index is 6.12. The van der Waals surface area contributed by atoms with Crippen LogP contribution in [-0.4, -0.2) is 73.8 Å². The summed E-state index contributed by atoms with van der Waals surface area (Å²) in [5, 5.41) is 3.56. The molecular formula is C19H34N4O. The van der Waals surface area contributed by atoms with Crippen LogP contribution in [0.2, 0.25) is 0 Å². The Hall–Kier alpha value is -0.810. The van der Waals surface area contributed by atoms with E-state index < -0.39 is 0 Å². The van der Waals surface area contributed by atoms with Crippen LogP contribution in [0, 0.1) is 11.8 Å². The molecule has 0 aromatic rings. The van der Waals surface area contributed by atoms with Gasteiger partial charge in [0, 0.05) is 37.0 Å². The van der Waals surface area contributed by atoms with Crippen molar-refractivity contribution in [3.05, 3.63) is 0 Å².